The van der Waals surface area contributed by atoms with Gasteiger partial charge in [-0.05, 0) is 38.8 Å². The maximum absolute atomic E-state index is 13.1. The van der Waals surface area contributed by atoms with E-state index >= 15 is 0 Å². The van der Waals surface area contributed by atoms with E-state index in [-0.39, 0.29) is 12.0 Å². The number of carbonyl (C=O) groups is 2. The van der Waals surface area contributed by atoms with Gasteiger partial charge in [-0.3, -0.25) is 4.79 Å². The summed E-state index contributed by atoms with van der Waals surface area (Å²) in [5, 5.41) is 0. The maximum Gasteiger partial charge on any atom is 0.410 e. The van der Waals surface area contributed by atoms with Gasteiger partial charge in [0.2, 0.25) is 0 Å². The van der Waals surface area contributed by atoms with E-state index in [9.17, 15) is 9.59 Å². The Bertz CT molecular complexity index is 858. The number of amides is 2. The van der Waals surface area contributed by atoms with Gasteiger partial charge in [0, 0.05) is 38.8 Å². The van der Waals surface area contributed by atoms with Gasteiger partial charge in [0.1, 0.15) is 11.4 Å². The van der Waals surface area contributed by atoms with Crippen molar-refractivity contribution in [1.82, 2.24) is 19.2 Å². The Morgan fingerprint density at radius 2 is 1.75 bits per heavy atom. The van der Waals surface area contributed by atoms with Gasteiger partial charge in [-0.25, -0.2) is 9.78 Å². The molecule has 152 valence electrons. The summed E-state index contributed by atoms with van der Waals surface area (Å²) in [6.07, 6.45) is 2.44. The lowest BCUT2D eigenvalue weighted by Gasteiger charge is -2.35. The third-order valence-electron chi connectivity index (χ3n) is 4.63. The summed E-state index contributed by atoms with van der Waals surface area (Å²) in [6, 6.07) is 5.81. The minimum absolute atomic E-state index is 0.0810. The minimum Gasteiger partial charge on any atom is -0.444 e. The van der Waals surface area contributed by atoms with Gasteiger partial charge in [-0.2, -0.15) is 0 Å². The zero-order valence-corrected chi connectivity index (χ0v) is 17.4. The van der Waals surface area contributed by atoms with Crippen LogP contribution in [0.4, 0.5) is 4.79 Å². The topological polar surface area (TPSA) is 67.2 Å². The van der Waals surface area contributed by atoms with Crippen LogP contribution in [-0.4, -0.2) is 63.0 Å². The van der Waals surface area contributed by atoms with Gasteiger partial charge in [0.15, 0.2) is 5.69 Å². The Balaban J connectivity index is 1.73. The lowest BCUT2D eigenvalue weighted by Crippen LogP contribution is -2.51. The standard InChI is InChI=1S/C21H30N4O3/c1-15(2)14-17-22-18(16-8-6-7-9-25(16)17)19(26)23-10-12-24(13-11-23)20(27)28-21(3,4)5/h6-9,15H,10-14H2,1-5H3. The van der Waals surface area contributed by atoms with Crippen LogP contribution in [-0.2, 0) is 11.2 Å². The number of aromatic nitrogens is 2. The molecule has 0 unspecified atom stereocenters. The third-order valence-corrected chi connectivity index (χ3v) is 4.63. The highest BCUT2D eigenvalue weighted by Gasteiger charge is 2.30. The van der Waals surface area contributed by atoms with Crippen molar-refractivity contribution in [3.05, 3.63) is 35.9 Å². The van der Waals surface area contributed by atoms with Gasteiger partial charge in [0.25, 0.3) is 5.91 Å². The lowest BCUT2D eigenvalue weighted by atomic mass is 10.1. The van der Waals surface area contributed by atoms with Crippen LogP contribution in [0, 0.1) is 5.92 Å². The monoisotopic (exact) mass is 386 g/mol. The number of imidazole rings is 1. The van der Waals surface area contributed by atoms with Crippen LogP contribution in [0.2, 0.25) is 0 Å². The first kappa shape index (κ1) is 20.2. The third kappa shape index (κ3) is 4.46. The summed E-state index contributed by atoms with van der Waals surface area (Å²) in [5.41, 5.74) is 0.798. The molecule has 0 aliphatic carbocycles. The SMILES string of the molecule is CC(C)Cc1nc(C(=O)N2CCN(C(=O)OC(C)(C)C)CC2)c2ccccn12. The molecule has 0 N–H and O–H groups in total. The van der Waals surface area contributed by atoms with Crippen LogP contribution < -0.4 is 0 Å². The normalized spacial score (nSPS) is 15.4. The smallest absolute Gasteiger partial charge is 0.410 e. The second kappa shape index (κ2) is 7.81. The van der Waals surface area contributed by atoms with Crippen LogP contribution in [0.5, 0.6) is 0 Å². The quantitative estimate of drug-likeness (QED) is 0.812. The number of rotatable bonds is 3. The highest BCUT2D eigenvalue weighted by molar-refractivity contribution is 5.99. The molecule has 1 fully saturated rings. The van der Waals surface area contributed by atoms with Crippen molar-refractivity contribution in [2.45, 2.75) is 46.6 Å². The highest BCUT2D eigenvalue weighted by atomic mass is 16.6. The molecule has 1 aliphatic rings. The largest absolute Gasteiger partial charge is 0.444 e. The number of carbonyl (C=O) groups excluding carboxylic acids is 2. The van der Waals surface area contributed by atoms with Crippen molar-refractivity contribution in [2.24, 2.45) is 5.92 Å². The van der Waals surface area contributed by atoms with E-state index in [0.717, 1.165) is 17.8 Å². The summed E-state index contributed by atoms with van der Waals surface area (Å²) in [5.74, 6) is 1.27. The average molecular weight is 386 g/mol. The van der Waals surface area contributed by atoms with E-state index in [0.29, 0.717) is 37.8 Å². The van der Waals surface area contributed by atoms with Crippen LogP contribution in [0.25, 0.3) is 5.52 Å². The van der Waals surface area contributed by atoms with Crippen LogP contribution in [0.3, 0.4) is 0 Å². The van der Waals surface area contributed by atoms with Crippen LogP contribution in [0.1, 0.15) is 50.9 Å². The van der Waals surface area contributed by atoms with Gasteiger partial charge in [-0.1, -0.05) is 19.9 Å². The van der Waals surface area contributed by atoms with E-state index in [2.05, 4.69) is 18.8 Å². The number of nitrogens with zero attached hydrogens (tertiary/aromatic N) is 4. The number of piperazine rings is 1. The number of pyridine rings is 1. The molecule has 7 nitrogen and oxygen atoms in total. The van der Waals surface area contributed by atoms with Crippen molar-refractivity contribution in [3.8, 4) is 0 Å². The van der Waals surface area contributed by atoms with Crippen LogP contribution in [0.15, 0.2) is 24.4 Å². The molecule has 2 amide bonds. The molecule has 3 rings (SSSR count). The van der Waals surface area contributed by atoms with E-state index in [1.807, 2.05) is 49.6 Å². The molecule has 0 radical (unpaired) electrons. The van der Waals surface area contributed by atoms with E-state index in [1.54, 1.807) is 9.80 Å². The van der Waals surface area contributed by atoms with Crippen molar-refractivity contribution in [3.63, 3.8) is 0 Å². The Labute approximate surface area is 166 Å². The molecule has 2 aromatic rings. The van der Waals surface area contributed by atoms with E-state index < -0.39 is 5.60 Å². The zero-order chi connectivity index (χ0) is 20.5. The second-order valence-electron chi connectivity index (χ2n) is 8.69. The highest BCUT2D eigenvalue weighted by Crippen LogP contribution is 2.19. The van der Waals surface area contributed by atoms with Gasteiger partial charge < -0.3 is 18.9 Å². The molecule has 1 aliphatic heterocycles. The number of fused-ring (bicyclic) bond motifs is 1. The first-order valence-electron chi connectivity index (χ1n) is 9.89. The molecule has 0 saturated carbocycles. The fourth-order valence-electron chi connectivity index (χ4n) is 3.34. The lowest BCUT2D eigenvalue weighted by molar-refractivity contribution is 0.0140. The molecular weight excluding hydrogens is 356 g/mol. The molecule has 7 heteroatoms. The van der Waals surface area contributed by atoms with Crippen molar-refractivity contribution >= 4 is 17.5 Å². The van der Waals surface area contributed by atoms with Crippen molar-refractivity contribution in [1.29, 1.82) is 0 Å². The maximum atomic E-state index is 13.1. The van der Waals surface area contributed by atoms with E-state index in [4.69, 9.17) is 4.74 Å². The summed E-state index contributed by atoms with van der Waals surface area (Å²) < 4.78 is 7.43. The predicted molar refractivity (Wildman–Crippen MR) is 107 cm³/mol. The average Bonchev–Trinajstić information content (AvgIpc) is 2.98. The first-order chi connectivity index (χ1) is 13.2. The number of ether oxygens (including phenoxy) is 1. The molecule has 0 bridgehead atoms. The molecule has 1 saturated heterocycles. The fraction of sp³-hybridized carbons (Fsp3) is 0.571. The molecule has 0 aromatic carbocycles. The summed E-state index contributed by atoms with van der Waals surface area (Å²) in [6.45, 7) is 11.7. The molecule has 0 atom stereocenters. The minimum atomic E-state index is -0.522. The molecule has 28 heavy (non-hydrogen) atoms. The van der Waals surface area contributed by atoms with E-state index in [1.165, 1.54) is 0 Å². The summed E-state index contributed by atoms with van der Waals surface area (Å²) in [4.78, 5) is 33.5. The summed E-state index contributed by atoms with van der Waals surface area (Å²) in [7, 11) is 0. The Kier molecular flexibility index (Phi) is 5.63. The molecule has 3 heterocycles. The van der Waals surface area contributed by atoms with Gasteiger partial charge in [-0.15, -0.1) is 0 Å². The van der Waals surface area contributed by atoms with Crippen molar-refractivity contribution < 1.29 is 14.3 Å². The fourth-order valence-corrected chi connectivity index (χ4v) is 3.34. The number of hydrogen-bond acceptors (Lipinski definition) is 4. The van der Waals surface area contributed by atoms with Gasteiger partial charge >= 0.3 is 6.09 Å². The predicted octanol–water partition coefficient (Wildman–Crippen LogP) is 3.23. The number of hydrogen-bond donors (Lipinski definition) is 0. The Hall–Kier alpha value is -2.57. The molecular formula is C21H30N4O3. The molecule has 0 spiro atoms. The Morgan fingerprint density at radius 1 is 1.11 bits per heavy atom. The van der Waals surface area contributed by atoms with Gasteiger partial charge in [0.05, 0.1) is 5.52 Å². The van der Waals surface area contributed by atoms with Crippen molar-refractivity contribution in [2.75, 3.05) is 26.2 Å². The molecule has 2 aromatic heterocycles. The summed E-state index contributed by atoms with van der Waals surface area (Å²) >= 11 is 0. The first-order valence-corrected chi connectivity index (χ1v) is 9.89. The Morgan fingerprint density at radius 3 is 2.36 bits per heavy atom. The zero-order valence-electron chi connectivity index (χ0n) is 17.4. The second-order valence-corrected chi connectivity index (χ2v) is 8.69. The van der Waals surface area contributed by atoms with Crippen LogP contribution >= 0.6 is 0 Å².